The summed E-state index contributed by atoms with van der Waals surface area (Å²) in [7, 11) is 0. The molecule has 1 aromatic carbocycles. The van der Waals surface area contributed by atoms with Crippen LogP contribution in [0.25, 0.3) is 0 Å². The maximum Gasteiger partial charge on any atom is 0.0991 e. The van der Waals surface area contributed by atoms with Crippen LogP contribution in [0, 0.1) is 18.3 Å². The molecule has 114 valence electrons. The van der Waals surface area contributed by atoms with Gasteiger partial charge in [-0.25, -0.2) is 0 Å². The summed E-state index contributed by atoms with van der Waals surface area (Å²) < 4.78 is 2.06. The quantitative estimate of drug-likeness (QED) is 0.870. The van der Waals surface area contributed by atoms with Gasteiger partial charge in [0.15, 0.2) is 0 Å². The van der Waals surface area contributed by atoms with Crippen LogP contribution in [-0.4, -0.2) is 27.3 Å². The lowest BCUT2D eigenvalue weighted by Gasteiger charge is -2.35. The minimum atomic E-state index is 0.527. The molecule has 2 aromatic rings. The van der Waals surface area contributed by atoms with Crippen molar-refractivity contribution in [2.75, 3.05) is 6.54 Å². The van der Waals surface area contributed by atoms with Crippen molar-refractivity contribution in [1.29, 1.82) is 5.26 Å². The van der Waals surface area contributed by atoms with E-state index >= 15 is 0 Å². The fourth-order valence-corrected chi connectivity index (χ4v) is 3.23. The van der Waals surface area contributed by atoms with E-state index in [1.54, 1.807) is 0 Å². The smallest absolute Gasteiger partial charge is 0.0991 e. The summed E-state index contributed by atoms with van der Waals surface area (Å²) in [5.41, 5.74) is 3.18. The Morgan fingerprint density at radius 3 is 3.05 bits per heavy atom. The number of nitrogens with zero attached hydrogens (tertiary/aromatic N) is 4. The van der Waals surface area contributed by atoms with Gasteiger partial charge < -0.3 is 0 Å². The van der Waals surface area contributed by atoms with Crippen molar-refractivity contribution in [3.63, 3.8) is 0 Å². The molecule has 3 rings (SSSR count). The van der Waals surface area contributed by atoms with Gasteiger partial charge in [-0.05, 0) is 49.6 Å². The van der Waals surface area contributed by atoms with Crippen LogP contribution in [0.3, 0.4) is 0 Å². The van der Waals surface area contributed by atoms with E-state index in [0.29, 0.717) is 6.04 Å². The highest BCUT2D eigenvalue weighted by Crippen LogP contribution is 2.21. The molecule has 1 aromatic heterocycles. The summed E-state index contributed by atoms with van der Waals surface area (Å²) in [6, 6.07) is 10.7. The van der Waals surface area contributed by atoms with Gasteiger partial charge in [-0.15, -0.1) is 0 Å². The van der Waals surface area contributed by atoms with Crippen molar-refractivity contribution in [2.24, 2.45) is 0 Å². The molecular weight excluding hydrogens is 272 g/mol. The molecule has 2 heterocycles. The van der Waals surface area contributed by atoms with Gasteiger partial charge in [0.1, 0.15) is 0 Å². The van der Waals surface area contributed by atoms with E-state index in [0.717, 1.165) is 25.2 Å². The lowest BCUT2D eigenvalue weighted by molar-refractivity contribution is 0.122. The Kier molecular flexibility index (Phi) is 4.55. The van der Waals surface area contributed by atoms with Crippen molar-refractivity contribution in [2.45, 2.75) is 45.3 Å². The molecule has 1 saturated heterocycles. The first-order valence-electron chi connectivity index (χ1n) is 7.97. The zero-order valence-corrected chi connectivity index (χ0v) is 13.1. The predicted octanol–water partition coefficient (Wildman–Crippen LogP) is 3.12. The van der Waals surface area contributed by atoms with E-state index in [1.807, 2.05) is 24.4 Å². The van der Waals surface area contributed by atoms with Crippen LogP contribution in [0.5, 0.6) is 0 Å². The Labute approximate surface area is 132 Å². The van der Waals surface area contributed by atoms with E-state index in [-0.39, 0.29) is 0 Å². The molecule has 0 saturated carbocycles. The Hall–Kier alpha value is -2.12. The second-order valence-electron chi connectivity index (χ2n) is 6.17. The van der Waals surface area contributed by atoms with E-state index in [1.165, 1.54) is 30.4 Å². The Morgan fingerprint density at radius 1 is 1.36 bits per heavy atom. The molecule has 0 radical (unpaired) electrons. The number of piperidine rings is 1. The number of hydrogen-bond acceptors (Lipinski definition) is 3. The average Bonchev–Trinajstić information content (AvgIpc) is 2.94. The summed E-state index contributed by atoms with van der Waals surface area (Å²) in [5.74, 6) is 0. The van der Waals surface area contributed by atoms with Gasteiger partial charge in [-0.2, -0.15) is 10.4 Å². The second-order valence-corrected chi connectivity index (χ2v) is 6.17. The molecule has 22 heavy (non-hydrogen) atoms. The summed E-state index contributed by atoms with van der Waals surface area (Å²) in [6.07, 6.45) is 7.80. The fourth-order valence-electron chi connectivity index (χ4n) is 3.23. The molecule has 1 aliphatic heterocycles. The van der Waals surface area contributed by atoms with Crippen molar-refractivity contribution < 1.29 is 0 Å². The highest BCUT2D eigenvalue weighted by molar-refractivity contribution is 5.32. The van der Waals surface area contributed by atoms with Crippen molar-refractivity contribution in [3.05, 3.63) is 53.3 Å². The summed E-state index contributed by atoms with van der Waals surface area (Å²) in [6.45, 7) is 5.07. The zero-order chi connectivity index (χ0) is 15.4. The molecule has 0 bridgehead atoms. The molecule has 0 spiro atoms. The lowest BCUT2D eigenvalue weighted by Crippen LogP contribution is -2.41. The zero-order valence-electron chi connectivity index (χ0n) is 13.1. The monoisotopic (exact) mass is 294 g/mol. The minimum absolute atomic E-state index is 0.527. The largest absolute Gasteiger partial charge is 0.294 e. The van der Waals surface area contributed by atoms with Gasteiger partial charge in [0.2, 0.25) is 0 Å². The molecule has 0 unspecified atom stereocenters. The second kappa shape index (κ2) is 6.76. The van der Waals surface area contributed by atoms with Crippen molar-refractivity contribution in [3.8, 4) is 6.07 Å². The van der Waals surface area contributed by atoms with E-state index in [2.05, 4.69) is 39.9 Å². The molecular formula is C18H22N4. The number of aromatic nitrogens is 2. The summed E-state index contributed by atoms with van der Waals surface area (Å²) in [5, 5.41) is 13.5. The first kappa shape index (κ1) is 14.8. The number of rotatable bonds is 4. The normalized spacial score (nSPS) is 19.0. The standard InChI is InChI=1S/C18H22N4/c1-15-11-20-22(12-15)14-18-7-2-3-8-21(18)13-17-6-4-5-16(9-17)10-19/h4-6,9,11-12,18H,2-3,7-8,13-14H2,1H3/t18-/m1/s1. The molecule has 0 amide bonds. The molecule has 1 aliphatic rings. The third-order valence-electron chi connectivity index (χ3n) is 4.35. The van der Waals surface area contributed by atoms with Gasteiger partial charge in [0.25, 0.3) is 0 Å². The molecule has 1 atom stereocenters. The Bertz CT molecular complexity index is 668. The number of benzene rings is 1. The minimum Gasteiger partial charge on any atom is -0.294 e. The van der Waals surface area contributed by atoms with Crippen LogP contribution >= 0.6 is 0 Å². The molecule has 0 N–H and O–H groups in total. The van der Waals surface area contributed by atoms with Crippen molar-refractivity contribution >= 4 is 0 Å². The number of likely N-dealkylation sites (tertiary alicyclic amines) is 1. The van der Waals surface area contributed by atoms with E-state index in [9.17, 15) is 0 Å². The Morgan fingerprint density at radius 2 is 2.27 bits per heavy atom. The fraction of sp³-hybridized carbons (Fsp3) is 0.444. The molecule has 4 nitrogen and oxygen atoms in total. The molecule has 0 aliphatic carbocycles. The van der Waals surface area contributed by atoms with Crippen LogP contribution in [0.15, 0.2) is 36.7 Å². The van der Waals surface area contributed by atoms with Crippen LogP contribution in [-0.2, 0) is 13.1 Å². The first-order chi connectivity index (χ1) is 10.7. The summed E-state index contributed by atoms with van der Waals surface area (Å²) >= 11 is 0. The maximum absolute atomic E-state index is 9.04. The highest BCUT2D eigenvalue weighted by Gasteiger charge is 2.23. The molecule has 1 fully saturated rings. The Balaban J connectivity index is 1.70. The predicted molar refractivity (Wildman–Crippen MR) is 86.2 cm³/mol. The van der Waals surface area contributed by atoms with Crippen LogP contribution < -0.4 is 0 Å². The van der Waals surface area contributed by atoms with Crippen LogP contribution in [0.2, 0.25) is 0 Å². The van der Waals surface area contributed by atoms with Gasteiger partial charge in [-0.1, -0.05) is 18.6 Å². The maximum atomic E-state index is 9.04. The van der Waals surface area contributed by atoms with Crippen LogP contribution in [0.1, 0.15) is 36.0 Å². The third kappa shape index (κ3) is 3.55. The average molecular weight is 294 g/mol. The van der Waals surface area contributed by atoms with Crippen LogP contribution in [0.4, 0.5) is 0 Å². The van der Waals surface area contributed by atoms with Gasteiger partial charge in [-0.3, -0.25) is 9.58 Å². The topological polar surface area (TPSA) is 44.9 Å². The third-order valence-corrected chi connectivity index (χ3v) is 4.35. The van der Waals surface area contributed by atoms with Gasteiger partial charge >= 0.3 is 0 Å². The molecule has 4 heteroatoms. The number of aryl methyl sites for hydroxylation is 1. The van der Waals surface area contributed by atoms with Gasteiger partial charge in [0.05, 0.1) is 24.4 Å². The number of nitriles is 1. The summed E-state index contributed by atoms with van der Waals surface area (Å²) in [4.78, 5) is 2.54. The van der Waals surface area contributed by atoms with Gasteiger partial charge in [0, 0.05) is 18.8 Å². The lowest BCUT2D eigenvalue weighted by atomic mass is 10.0. The SMILES string of the molecule is Cc1cnn(C[C@H]2CCCCN2Cc2cccc(C#N)c2)c1. The first-order valence-corrected chi connectivity index (χ1v) is 7.97. The highest BCUT2D eigenvalue weighted by atomic mass is 15.3. The van der Waals surface area contributed by atoms with Crippen molar-refractivity contribution in [1.82, 2.24) is 14.7 Å². The number of hydrogen-bond donors (Lipinski definition) is 0. The van der Waals surface area contributed by atoms with E-state index < -0.39 is 0 Å². The van der Waals surface area contributed by atoms with E-state index in [4.69, 9.17) is 5.26 Å².